The summed E-state index contributed by atoms with van der Waals surface area (Å²) < 4.78 is 69.5. The van der Waals surface area contributed by atoms with Gasteiger partial charge >= 0.3 is 12.1 Å². The summed E-state index contributed by atoms with van der Waals surface area (Å²) in [5, 5.41) is 8.97. The van der Waals surface area contributed by atoms with Gasteiger partial charge in [0.15, 0.2) is 0 Å². The van der Waals surface area contributed by atoms with E-state index in [2.05, 4.69) is 15.5 Å². The van der Waals surface area contributed by atoms with E-state index in [1.165, 1.54) is 35.5 Å². The van der Waals surface area contributed by atoms with Crippen molar-refractivity contribution in [3.63, 3.8) is 0 Å². The largest absolute Gasteiger partial charge is 0.470 e. The minimum atomic E-state index is -4.75. The number of benzene rings is 1. The summed E-state index contributed by atoms with van der Waals surface area (Å²) in [6, 6.07) is 5.64. The molecule has 1 atom stereocenters. The van der Waals surface area contributed by atoms with Crippen LogP contribution in [0.15, 0.2) is 33.6 Å². The molecule has 152 valence electrons. The molecule has 1 N–H and O–H groups in total. The Bertz CT molecular complexity index is 957. The van der Waals surface area contributed by atoms with Crippen LogP contribution in [-0.2, 0) is 21.0 Å². The first-order valence-corrected chi connectivity index (χ1v) is 9.80. The van der Waals surface area contributed by atoms with Crippen LogP contribution in [0.5, 0.6) is 0 Å². The second-order valence-electron chi connectivity index (χ2n) is 6.35. The molecule has 2 aromatic rings. The zero-order valence-corrected chi connectivity index (χ0v) is 15.5. The fourth-order valence-electron chi connectivity index (χ4n) is 2.94. The van der Waals surface area contributed by atoms with Gasteiger partial charge in [0.1, 0.15) is 0 Å². The van der Waals surface area contributed by atoms with Gasteiger partial charge < -0.3 is 9.73 Å². The Morgan fingerprint density at radius 2 is 1.93 bits per heavy atom. The van der Waals surface area contributed by atoms with Crippen LogP contribution in [0.4, 0.5) is 18.9 Å². The number of amides is 1. The Morgan fingerprint density at radius 1 is 1.25 bits per heavy atom. The molecular formula is C16H17F3N4O4S. The summed E-state index contributed by atoms with van der Waals surface area (Å²) in [6.45, 7) is 1.50. The zero-order valence-electron chi connectivity index (χ0n) is 14.7. The molecule has 0 radical (unpaired) electrons. The van der Waals surface area contributed by atoms with Crippen LogP contribution >= 0.6 is 0 Å². The van der Waals surface area contributed by atoms with E-state index in [0.29, 0.717) is 18.5 Å². The lowest BCUT2D eigenvalue weighted by molar-refractivity contribution is -0.157. The number of carbonyl (C=O) groups is 1. The van der Waals surface area contributed by atoms with Gasteiger partial charge in [-0.25, -0.2) is 8.42 Å². The number of alkyl halides is 3. The Labute approximate surface area is 158 Å². The molecule has 28 heavy (non-hydrogen) atoms. The van der Waals surface area contributed by atoms with Crippen LogP contribution in [0.25, 0.3) is 0 Å². The average molecular weight is 418 g/mol. The first-order valence-electron chi connectivity index (χ1n) is 8.36. The number of rotatable bonds is 4. The van der Waals surface area contributed by atoms with Crippen molar-refractivity contribution in [2.45, 2.75) is 36.8 Å². The molecule has 0 saturated carbocycles. The summed E-state index contributed by atoms with van der Waals surface area (Å²) in [6.07, 6.45) is -3.87. The molecule has 0 aliphatic carbocycles. The van der Waals surface area contributed by atoms with Crippen molar-refractivity contribution in [2.24, 2.45) is 0 Å². The van der Waals surface area contributed by atoms with Crippen LogP contribution in [0, 0.1) is 0 Å². The molecule has 1 unspecified atom stereocenters. The predicted octanol–water partition coefficient (Wildman–Crippen LogP) is 2.62. The number of nitrogens with one attached hydrogen (secondary N) is 1. The monoisotopic (exact) mass is 418 g/mol. The highest BCUT2D eigenvalue weighted by molar-refractivity contribution is 7.89. The number of hydrogen-bond acceptors (Lipinski definition) is 6. The van der Waals surface area contributed by atoms with Crippen LogP contribution in [0.2, 0.25) is 0 Å². The molecule has 0 spiro atoms. The Morgan fingerprint density at radius 3 is 2.50 bits per heavy atom. The minimum absolute atomic E-state index is 0.0174. The molecule has 12 heteroatoms. The van der Waals surface area contributed by atoms with Crippen molar-refractivity contribution in [1.29, 1.82) is 0 Å². The second-order valence-corrected chi connectivity index (χ2v) is 8.29. The maximum absolute atomic E-state index is 12.9. The lowest BCUT2D eigenvalue weighted by Crippen LogP contribution is -2.39. The third kappa shape index (κ3) is 4.33. The van der Waals surface area contributed by atoms with Gasteiger partial charge in [-0.05, 0) is 37.1 Å². The predicted molar refractivity (Wildman–Crippen MR) is 90.8 cm³/mol. The van der Waals surface area contributed by atoms with E-state index >= 15 is 0 Å². The highest BCUT2D eigenvalue weighted by atomic mass is 32.2. The third-order valence-corrected chi connectivity index (χ3v) is 6.11. The van der Waals surface area contributed by atoms with Crippen molar-refractivity contribution >= 4 is 21.6 Å². The third-order valence-electron chi connectivity index (χ3n) is 4.23. The molecule has 1 amide bonds. The number of piperidine rings is 1. The molecule has 1 aliphatic rings. The van der Waals surface area contributed by atoms with Gasteiger partial charge in [0.25, 0.3) is 0 Å². The smallest absolute Gasteiger partial charge is 0.417 e. The number of nitrogens with zero attached hydrogens (tertiary/aromatic N) is 3. The van der Waals surface area contributed by atoms with Gasteiger partial charge in [0.05, 0.1) is 10.8 Å². The SMILES string of the molecule is CC(=O)Nc1ccc(S(=O)(=O)N2CCCC(c3nnc(C(F)(F)F)o3)C2)cc1. The van der Waals surface area contributed by atoms with Crippen molar-refractivity contribution in [3.05, 3.63) is 36.0 Å². The Kier molecular flexibility index (Phi) is 5.44. The highest BCUT2D eigenvalue weighted by Gasteiger charge is 2.40. The number of halogens is 3. The van der Waals surface area contributed by atoms with Crippen molar-refractivity contribution in [1.82, 2.24) is 14.5 Å². The molecule has 8 nitrogen and oxygen atoms in total. The van der Waals surface area contributed by atoms with Crippen molar-refractivity contribution < 1.29 is 30.8 Å². The number of sulfonamides is 1. The molecule has 1 aromatic heterocycles. The summed E-state index contributed by atoms with van der Waals surface area (Å²) in [4.78, 5) is 11.1. The second kappa shape index (κ2) is 7.51. The van der Waals surface area contributed by atoms with Crippen molar-refractivity contribution in [2.75, 3.05) is 18.4 Å². The maximum atomic E-state index is 12.9. The van der Waals surface area contributed by atoms with Gasteiger partial charge in [0, 0.05) is 25.7 Å². The number of aromatic nitrogens is 2. The van der Waals surface area contributed by atoms with Crippen molar-refractivity contribution in [3.8, 4) is 0 Å². The zero-order chi connectivity index (χ0) is 20.5. The summed E-state index contributed by atoms with van der Waals surface area (Å²) in [7, 11) is -3.86. The molecular weight excluding hydrogens is 401 g/mol. The van der Waals surface area contributed by atoms with E-state index in [4.69, 9.17) is 4.42 Å². The molecule has 3 rings (SSSR count). The molecule has 1 aliphatic heterocycles. The molecule has 2 heterocycles. The van der Waals surface area contributed by atoms with E-state index in [1.54, 1.807) is 0 Å². The lowest BCUT2D eigenvalue weighted by Gasteiger charge is -2.30. The van der Waals surface area contributed by atoms with Gasteiger partial charge in [-0.2, -0.15) is 17.5 Å². The fourth-order valence-corrected chi connectivity index (χ4v) is 4.46. The van der Waals surface area contributed by atoms with Gasteiger partial charge in [0.2, 0.25) is 21.8 Å². The fraction of sp³-hybridized carbons (Fsp3) is 0.438. The van der Waals surface area contributed by atoms with E-state index in [9.17, 15) is 26.4 Å². The number of carbonyl (C=O) groups excluding carboxylic acids is 1. The normalized spacial score (nSPS) is 18.8. The molecule has 1 saturated heterocycles. The van der Waals surface area contributed by atoms with E-state index in [-0.39, 0.29) is 29.8 Å². The first-order chi connectivity index (χ1) is 13.1. The van der Waals surface area contributed by atoms with E-state index in [1.807, 2.05) is 0 Å². The lowest BCUT2D eigenvalue weighted by atomic mass is 10.00. The summed E-state index contributed by atoms with van der Waals surface area (Å²) in [5.74, 6) is -2.58. The van der Waals surface area contributed by atoms with Crippen LogP contribution < -0.4 is 5.32 Å². The van der Waals surface area contributed by atoms with Gasteiger partial charge in [-0.15, -0.1) is 10.2 Å². The highest BCUT2D eigenvalue weighted by Crippen LogP contribution is 2.33. The summed E-state index contributed by atoms with van der Waals surface area (Å²) in [5.41, 5.74) is 0.452. The topological polar surface area (TPSA) is 105 Å². The molecule has 1 fully saturated rings. The average Bonchev–Trinajstić information content (AvgIpc) is 3.12. The minimum Gasteiger partial charge on any atom is -0.417 e. The van der Waals surface area contributed by atoms with Crippen LogP contribution in [0.1, 0.15) is 37.5 Å². The van der Waals surface area contributed by atoms with Gasteiger partial charge in [-0.3, -0.25) is 4.79 Å². The molecule has 1 aromatic carbocycles. The van der Waals surface area contributed by atoms with Gasteiger partial charge in [-0.1, -0.05) is 0 Å². The maximum Gasteiger partial charge on any atom is 0.470 e. The Balaban J connectivity index is 1.77. The molecule has 0 bridgehead atoms. The van der Waals surface area contributed by atoms with E-state index < -0.39 is 28.0 Å². The quantitative estimate of drug-likeness (QED) is 0.818. The van der Waals surface area contributed by atoms with Crippen LogP contribution in [0.3, 0.4) is 0 Å². The first kappa shape index (κ1) is 20.3. The Hall–Kier alpha value is -2.47. The number of anilines is 1. The summed E-state index contributed by atoms with van der Waals surface area (Å²) >= 11 is 0. The standard InChI is InChI=1S/C16H17F3N4O4S/c1-10(24)20-12-4-6-13(7-5-12)28(25,26)23-8-2-3-11(9-23)14-21-22-15(27-14)16(17,18)19/h4-7,11H,2-3,8-9H2,1H3,(H,20,24). The van der Waals surface area contributed by atoms with E-state index in [0.717, 1.165) is 0 Å². The van der Waals surface area contributed by atoms with Crippen LogP contribution in [-0.4, -0.2) is 41.9 Å². The number of hydrogen-bond donors (Lipinski definition) is 1.